The molecule has 2 aromatic rings. The number of hydrogen-bond acceptors (Lipinski definition) is 3. The van der Waals surface area contributed by atoms with Crippen LogP contribution in [-0.4, -0.2) is 25.4 Å². The first-order valence-corrected chi connectivity index (χ1v) is 8.41. The summed E-state index contributed by atoms with van der Waals surface area (Å²) in [6.07, 6.45) is 0. The van der Waals surface area contributed by atoms with Crippen molar-refractivity contribution >= 4 is 17.5 Å². The summed E-state index contributed by atoms with van der Waals surface area (Å²) in [5.74, 6) is 0.0283. The molecule has 2 amide bonds. The van der Waals surface area contributed by atoms with Crippen LogP contribution in [0.4, 0.5) is 5.69 Å². The van der Waals surface area contributed by atoms with Crippen molar-refractivity contribution in [1.82, 2.24) is 10.6 Å². The van der Waals surface area contributed by atoms with E-state index in [1.54, 1.807) is 31.3 Å². The zero-order valence-electron chi connectivity index (χ0n) is 14.9. The number of carbonyl (C=O) groups excluding carboxylic acids is 2. The number of amides is 2. The smallest absolute Gasteiger partial charge is 0.251 e. The monoisotopic (exact) mass is 339 g/mol. The first kappa shape index (κ1) is 18.7. The molecule has 2 aromatic carbocycles. The Balaban J connectivity index is 1.97. The maximum atomic E-state index is 12.2. The molecule has 0 radical (unpaired) electrons. The molecule has 0 aliphatic carbocycles. The molecule has 0 unspecified atom stereocenters. The second kappa shape index (κ2) is 8.99. The summed E-state index contributed by atoms with van der Waals surface area (Å²) in [5, 5.41) is 8.71. The highest BCUT2D eigenvalue weighted by molar-refractivity contribution is 5.97. The average Bonchev–Trinajstić information content (AvgIpc) is 2.62. The number of hydrogen-bond donors (Lipinski definition) is 3. The molecule has 0 heterocycles. The average molecular weight is 339 g/mol. The van der Waals surface area contributed by atoms with Gasteiger partial charge in [-0.15, -0.1) is 0 Å². The van der Waals surface area contributed by atoms with E-state index in [2.05, 4.69) is 41.9 Å². The summed E-state index contributed by atoms with van der Waals surface area (Å²) in [7, 11) is 1.58. The van der Waals surface area contributed by atoms with Gasteiger partial charge in [-0.3, -0.25) is 9.59 Å². The fraction of sp³-hybridized carbons (Fsp3) is 0.300. The van der Waals surface area contributed by atoms with E-state index in [-0.39, 0.29) is 24.4 Å². The highest BCUT2D eigenvalue weighted by atomic mass is 16.2. The molecular weight excluding hydrogens is 314 g/mol. The van der Waals surface area contributed by atoms with Gasteiger partial charge in [-0.2, -0.15) is 0 Å². The van der Waals surface area contributed by atoms with Crippen LogP contribution in [0.3, 0.4) is 0 Å². The molecule has 2 rings (SSSR count). The SMILES string of the molecule is CNC(=O)c1cccc(NC(=O)CN[C@H](c2ccccc2)C(C)C)c1. The van der Waals surface area contributed by atoms with Crippen molar-refractivity contribution in [2.75, 3.05) is 18.9 Å². The molecular formula is C20H25N3O2. The number of carbonyl (C=O) groups is 2. The topological polar surface area (TPSA) is 70.2 Å². The van der Waals surface area contributed by atoms with Crippen LogP contribution in [0.25, 0.3) is 0 Å². The lowest BCUT2D eigenvalue weighted by Crippen LogP contribution is -2.33. The summed E-state index contributed by atoms with van der Waals surface area (Å²) in [6, 6.07) is 17.1. The highest BCUT2D eigenvalue weighted by Crippen LogP contribution is 2.21. The quantitative estimate of drug-likeness (QED) is 0.726. The first-order chi connectivity index (χ1) is 12.0. The van der Waals surface area contributed by atoms with Gasteiger partial charge in [0.2, 0.25) is 5.91 Å². The molecule has 0 bridgehead atoms. The van der Waals surface area contributed by atoms with E-state index in [1.807, 2.05) is 18.2 Å². The van der Waals surface area contributed by atoms with Gasteiger partial charge < -0.3 is 16.0 Å². The van der Waals surface area contributed by atoms with Crippen LogP contribution in [0, 0.1) is 5.92 Å². The van der Waals surface area contributed by atoms with Crippen LogP contribution >= 0.6 is 0 Å². The van der Waals surface area contributed by atoms with Crippen molar-refractivity contribution in [1.29, 1.82) is 0 Å². The molecule has 5 heteroatoms. The lowest BCUT2D eigenvalue weighted by Gasteiger charge is -2.22. The molecule has 0 saturated carbocycles. The van der Waals surface area contributed by atoms with Crippen LogP contribution in [0.1, 0.15) is 35.8 Å². The molecule has 5 nitrogen and oxygen atoms in total. The third-order valence-corrected chi connectivity index (χ3v) is 3.94. The van der Waals surface area contributed by atoms with Crippen molar-refractivity contribution in [3.63, 3.8) is 0 Å². The van der Waals surface area contributed by atoms with Crippen molar-refractivity contribution in [2.24, 2.45) is 5.92 Å². The van der Waals surface area contributed by atoms with E-state index in [0.717, 1.165) is 5.56 Å². The number of rotatable bonds is 7. The number of anilines is 1. The number of nitrogens with one attached hydrogen (secondary N) is 3. The normalized spacial score (nSPS) is 11.8. The van der Waals surface area contributed by atoms with Crippen LogP contribution < -0.4 is 16.0 Å². The summed E-state index contributed by atoms with van der Waals surface area (Å²) in [6.45, 7) is 4.44. The van der Waals surface area contributed by atoms with Gasteiger partial charge in [-0.25, -0.2) is 0 Å². The fourth-order valence-electron chi connectivity index (χ4n) is 2.69. The molecule has 1 atom stereocenters. The van der Waals surface area contributed by atoms with Crippen molar-refractivity contribution in [2.45, 2.75) is 19.9 Å². The van der Waals surface area contributed by atoms with Gasteiger partial charge in [0.1, 0.15) is 0 Å². The number of benzene rings is 2. The fourth-order valence-corrected chi connectivity index (χ4v) is 2.69. The lowest BCUT2D eigenvalue weighted by atomic mass is 9.96. The minimum absolute atomic E-state index is 0.101. The van der Waals surface area contributed by atoms with Gasteiger partial charge in [-0.05, 0) is 29.7 Å². The van der Waals surface area contributed by atoms with Crippen molar-refractivity contribution in [3.05, 3.63) is 65.7 Å². The van der Waals surface area contributed by atoms with E-state index >= 15 is 0 Å². The van der Waals surface area contributed by atoms with Crippen LogP contribution in [0.5, 0.6) is 0 Å². The van der Waals surface area contributed by atoms with E-state index in [0.29, 0.717) is 17.2 Å². The Morgan fingerprint density at radius 2 is 1.72 bits per heavy atom. The maximum absolute atomic E-state index is 12.2. The Kier molecular flexibility index (Phi) is 6.71. The van der Waals surface area contributed by atoms with Gasteiger partial charge in [-0.1, -0.05) is 50.2 Å². The summed E-state index contributed by atoms with van der Waals surface area (Å²) in [5.41, 5.74) is 2.28. The van der Waals surface area contributed by atoms with Gasteiger partial charge in [0.15, 0.2) is 0 Å². The maximum Gasteiger partial charge on any atom is 0.251 e. The molecule has 0 fully saturated rings. The third-order valence-electron chi connectivity index (χ3n) is 3.94. The van der Waals surface area contributed by atoms with Crippen molar-refractivity contribution in [3.8, 4) is 0 Å². The molecule has 3 N–H and O–H groups in total. The summed E-state index contributed by atoms with van der Waals surface area (Å²) in [4.78, 5) is 23.9. The second-order valence-corrected chi connectivity index (χ2v) is 6.22. The van der Waals surface area contributed by atoms with Gasteiger partial charge in [0.25, 0.3) is 5.91 Å². The Morgan fingerprint density at radius 1 is 1.00 bits per heavy atom. The van der Waals surface area contributed by atoms with E-state index < -0.39 is 0 Å². The Labute approximate surface area is 148 Å². The molecule has 132 valence electrons. The summed E-state index contributed by atoms with van der Waals surface area (Å²) >= 11 is 0. The molecule has 0 spiro atoms. The van der Waals surface area contributed by atoms with Crippen molar-refractivity contribution < 1.29 is 9.59 Å². The Bertz CT molecular complexity index is 714. The minimum atomic E-state index is -0.182. The molecule has 0 saturated heterocycles. The zero-order valence-corrected chi connectivity index (χ0v) is 14.9. The lowest BCUT2D eigenvalue weighted by molar-refractivity contribution is -0.115. The van der Waals surface area contributed by atoms with E-state index in [9.17, 15) is 9.59 Å². The van der Waals surface area contributed by atoms with E-state index in [1.165, 1.54) is 0 Å². The standard InChI is InChI=1S/C20H25N3O2/c1-14(2)19(15-8-5-4-6-9-15)22-13-18(24)23-17-11-7-10-16(12-17)20(25)21-3/h4-12,14,19,22H,13H2,1-3H3,(H,21,25)(H,23,24)/t19-/m0/s1. The van der Waals surface area contributed by atoms with Gasteiger partial charge in [0, 0.05) is 24.3 Å². The van der Waals surface area contributed by atoms with E-state index in [4.69, 9.17) is 0 Å². The van der Waals surface area contributed by atoms with Crippen LogP contribution in [0.15, 0.2) is 54.6 Å². The first-order valence-electron chi connectivity index (χ1n) is 8.41. The predicted octanol–water partition coefficient (Wildman–Crippen LogP) is 2.97. The second-order valence-electron chi connectivity index (χ2n) is 6.22. The molecule has 25 heavy (non-hydrogen) atoms. The molecule has 0 aromatic heterocycles. The van der Waals surface area contributed by atoms with Gasteiger partial charge in [0.05, 0.1) is 6.54 Å². The predicted molar refractivity (Wildman–Crippen MR) is 100 cm³/mol. The third kappa shape index (κ3) is 5.43. The molecule has 0 aliphatic rings. The minimum Gasteiger partial charge on any atom is -0.355 e. The largest absolute Gasteiger partial charge is 0.355 e. The summed E-state index contributed by atoms with van der Waals surface area (Å²) < 4.78 is 0. The van der Waals surface area contributed by atoms with Crippen LogP contribution in [0.2, 0.25) is 0 Å². The van der Waals surface area contributed by atoms with Gasteiger partial charge >= 0.3 is 0 Å². The highest BCUT2D eigenvalue weighted by Gasteiger charge is 2.16. The molecule has 0 aliphatic heterocycles. The zero-order chi connectivity index (χ0) is 18.2. The Morgan fingerprint density at radius 3 is 2.36 bits per heavy atom. The Hall–Kier alpha value is -2.66. The van der Waals surface area contributed by atoms with Crippen LogP contribution in [-0.2, 0) is 4.79 Å².